The van der Waals surface area contributed by atoms with E-state index in [1.807, 2.05) is 0 Å². The van der Waals surface area contributed by atoms with Crippen molar-refractivity contribution in [1.29, 1.82) is 0 Å². The lowest BCUT2D eigenvalue weighted by molar-refractivity contribution is -0.384. The molecule has 2 aromatic rings. The van der Waals surface area contributed by atoms with Gasteiger partial charge in [0.2, 0.25) is 5.91 Å². The van der Waals surface area contributed by atoms with E-state index in [9.17, 15) is 19.7 Å². The lowest BCUT2D eigenvalue weighted by atomic mass is 10.2. The smallest absolute Gasteiger partial charge is 0.270 e. The maximum absolute atomic E-state index is 11.9. The topological polar surface area (TPSA) is 125 Å². The molecule has 2 aromatic carbocycles. The predicted octanol–water partition coefficient (Wildman–Crippen LogP) is 2.11. The largest absolute Gasteiger partial charge is 0.484 e. The van der Waals surface area contributed by atoms with Crippen molar-refractivity contribution in [3.05, 3.63) is 70.3 Å². The molecule has 0 radical (unpaired) electrons. The van der Waals surface area contributed by atoms with Crippen LogP contribution < -0.4 is 15.8 Å². The molecule has 0 aliphatic carbocycles. The van der Waals surface area contributed by atoms with Crippen molar-refractivity contribution in [1.82, 2.24) is 0 Å². The van der Waals surface area contributed by atoms with E-state index < -0.39 is 16.7 Å². The maximum Gasteiger partial charge on any atom is 0.270 e. The van der Waals surface area contributed by atoms with Gasteiger partial charge in [0, 0.05) is 23.9 Å². The highest BCUT2D eigenvalue weighted by Gasteiger charge is 2.04. The molecule has 0 heterocycles. The Bertz CT molecular complexity index is 815. The van der Waals surface area contributed by atoms with E-state index in [4.69, 9.17) is 10.5 Å². The van der Waals surface area contributed by atoms with Gasteiger partial charge < -0.3 is 15.8 Å². The van der Waals surface area contributed by atoms with Crippen LogP contribution in [0.1, 0.15) is 5.56 Å². The van der Waals surface area contributed by atoms with Crippen molar-refractivity contribution in [2.45, 2.75) is 0 Å². The molecule has 8 heteroatoms. The first-order valence-electron chi connectivity index (χ1n) is 7.19. The lowest BCUT2D eigenvalue weighted by Gasteiger charge is -2.05. The number of primary amides is 1. The van der Waals surface area contributed by atoms with Crippen LogP contribution in [-0.2, 0) is 9.59 Å². The number of ether oxygens (including phenoxy) is 1. The Hall–Kier alpha value is -3.68. The van der Waals surface area contributed by atoms with E-state index in [-0.39, 0.29) is 12.3 Å². The molecule has 2 amide bonds. The number of non-ortho nitro benzene ring substituents is 1. The quantitative estimate of drug-likeness (QED) is 0.453. The molecule has 0 aliphatic rings. The third kappa shape index (κ3) is 5.79. The molecule has 25 heavy (non-hydrogen) atoms. The maximum atomic E-state index is 11.9. The van der Waals surface area contributed by atoms with Crippen molar-refractivity contribution in [3.8, 4) is 5.75 Å². The van der Waals surface area contributed by atoms with Crippen LogP contribution in [-0.4, -0.2) is 23.3 Å². The highest BCUT2D eigenvalue weighted by atomic mass is 16.6. The molecule has 0 unspecified atom stereocenters. The molecule has 0 fully saturated rings. The van der Waals surface area contributed by atoms with E-state index >= 15 is 0 Å². The fraction of sp³-hybridized carbons (Fsp3) is 0.0588. The van der Waals surface area contributed by atoms with Gasteiger partial charge in [-0.05, 0) is 35.9 Å². The summed E-state index contributed by atoms with van der Waals surface area (Å²) in [5.74, 6) is -0.523. The molecule has 0 bridgehead atoms. The number of rotatable bonds is 7. The average Bonchev–Trinajstić information content (AvgIpc) is 2.59. The third-order valence-electron chi connectivity index (χ3n) is 3.01. The summed E-state index contributed by atoms with van der Waals surface area (Å²) in [4.78, 5) is 32.7. The monoisotopic (exact) mass is 341 g/mol. The molecule has 8 nitrogen and oxygen atoms in total. The number of hydrogen-bond donors (Lipinski definition) is 2. The minimum Gasteiger partial charge on any atom is -0.484 e. The van der Waals surface area contributed by atoms with Gasteiger partial charge in [-0.25, -0.2) is 0 Å². The van der Waals surface area contributed by atoms with Crippen LogP contribution in [0.3, 0.4) is 0 Å². The Kier molecular flexibility index (Phi) is 5.83. The van der Waals surface area contributed by atoms with E-state index in [1.165, 1.54) is 24.3 Å². The number of amides is 2. The van der Waals surface area contributed by atoms with Crippen molar-refractivity contribution >= 4 is 29.3 Å². The SMILES string of the molecule is NC(=O)COc1ccc(NC(=O)/C=C/c2cccc([N+](=O)[O-])c2)cc1. The van der Waals surface area contributed by atoms with Crippen LogP contribution in [0, 0.1) is 10.1 Å². The Morgan fingerprint density at radius 2 is 1.92 bits per heavy atom. The number of anilines is 1. The summed E-state index contributed by atoms with van der Waals surface area (Å²) >= 11 is 0. The number of carbonyl (C=O) groups is 2. The van der Waals surface area contributed by atoms with Gasteiger partial charge in [-0.15, -0.1) is 0 Å². The molecule has 0 atom stereocenters. The van der Waals surface area contributed by atoms with Gasteiger partial charge in [0.15, 0.2) is 6.61 Å². The van der Waals surface area contributed by atoms with E-state index in [1.54, 1.807) is 36.4 Å². The fourth-order valence-electron chi connectivity index (χ4n) is 1.89. The van der Waals surface area contributed by atoms with E-state index in [0.717, 1.165) is 0 Å². The van der Waals surface area contributed by atoms with Gasteiger partial charge in [0.25, 0.3) is 11.6 Å². The third-order valence-corrected chi connectivity index (χ3v) is 3.01. The van der Waals surface area contributed by atoms with Crippen LogP contribution in [0.5, 0.6) is 5.75 Å². The van der Waals surface area contributed by atoms with Crippen LogP contribution >= 0.6 is 0 Å². The van der Waals surface area contributed by atoms with Crippen LogP contribution in [0.25, 0.3) is 6.08 Å². The molecule has 0 saturated carbocycles. The number of benzene rings is 2. The number of hydrogen-bond acceptors (Lipinski definition) is 5. The summed E-state index contributed by atoms with van der Waals surface area (Å²) < 4.78 is 5.11. The summed E-state index contributed by atoms with van der Waals surface area (Å²) in [5, 5.41) is 13.3. The van der Waals surface area contributed by atoms with Crippen LogP contribution in [0.2, 0.25) is 0 Å². The van der Waals surface area contributed by atoms with Gasteiger partial charge in [-0.3, -0.25) is 19.7 Å². The zero-order chi connectivity index (χ0) is 18.2. The van der Waals surface area contributed by atoms with Crippen LogP contribution in [0.15, 0.2) is 54.6 Å². The molecule has 2 rings (SSSR count). The fourth-order valence-corrected chi connectivity index (χ4v) is 1.89. The summed E-state index contributed by atoms with van der Waals surface area (Å²) in [7, 11) is 0. The molecular weight excluding hydrogens is 326 g/mol. The molecule has 0 aliphatic heterocycles. The van der Waals surface area contributed by atoms with Gasteiger partial charge in [-0.2, -0.15) is 0 Å². The van der Waals surface area contributed by atoms with Gasteiger partial charge in [-0.1, -0.05) is 12.1 Å². The Morgan fingerprint density at radius 3 is 2.56 bits per heavy atom. The summed E-state index contributed by atoms with van der Waals surface area (Å²) in [6, 6.07) is 12.3. The number of nitro benzene ring substituents is 1. The van der Waals surface area contributed by atoms with E-state index in [2.05, 4.69) is 5.32 Å². The van der Waals surface area contributed by atoms with Crippen molar-refractivity contribution in [2.24, 2.45) is 5.73 Å². The normalized spacial score (nSPS) is 10.4. The Morgan fingerprint density at radius 1 is 1.20 bits per heavy atom. The van der Waals surface area contributed by atoms with Crippen LogP contribution in [0.4, 0.5) is 11.4 Å². The number of nitro groups is 1. The first kappa shape index (κ1) is 17.7. The summed E-state index contributed by atoms with van der Waals surface area (Å²) in [6.07, 6.45) is 2.75. The summed E-state index contributed by atoms with van der Waals surface area (Å²) in [6.45, 7) is -0.225. The molecule has 0 saturated heterocycles. The van der Waals surface area contributed by atoms with Crippen molar-refractivity contribution in [2.75, 3.05) is 11.9 Å². The van der Waals surface area contributed by atoms with E-state index in [0.29, 0.717) is 17.0 Å². The second kappa shape index (κ2) is 8.25. The second-order valence-corrected chi connectivity index (χ2v) is 4.95. The van der Waals surface area contributed by atoms with Gasteiger partial charge >= 0.3 is 0 Å². The second-order valence-electron chi connectivity index (χ2n) is 4.95. The minimum absolute atomic E-state index is 0.0471. The first-order valence-corrected chi connectivity index (χ1v) is 7.19. The number of nitrogens with one attached hydrogen (secondary N) is 1. The molecule has 0 aromatic heterocycles. The Labute approximate surface area is 143 Å². The molecule has 128 valence electrons. The Balaban J connectivity index is 1.94. The zero-order valence-electron chi connectivity index (χ0n) is 13.0. The molecule has 3 N–H and O–H groups in total. The predicted molar refractivity (Wildman–Crippen MR) is 91.9 cm³/mol. The van der Waals surface area contributed by atoms with Crippen molar-refractivity contribution in [3.63, 3.8) is 0 Å². The van der Waals surface area contributed by atoms with Crippen molar-refractivity contribution < 1.29 is 19.2 Å². The molecule has 0 spiro atoms. The number of nitrogens with zero attached hydrogens (tertiary/aromatic N) is 1. The highest BCUT2D eigenvalue weighted by molar-refractivity contribution is 6.01. The summed E-state index contributed by atoms with van der Waals surface area (Å²) in [5.41, 5.74) is 6.00. The van der Waals surface area contributed by atoms with Gasteiger partial charge in [0.05, 0.1) is 4.92 Å². The molecular formula is C17H15N3O5. The highest BCUT2D eigenvalue weighted by Crippen LogP contribution is 2.16. The zero-order valence-corrected chi connectivity index (χ0v) is 13.0. The lowest BCUT2D eigenvalue weighted by Crippen LogP contribution is -2.20. The number of carbonyl (C=O) groups excluding carboxylic acids is 2. The number of nitrogens with two attached hydrogens (primary N) is 1. The van der Waals surface area contributed by atoms with Gasteiger partial charge in [0.1, 0.15) is 5.75 Å². The standard InChI is InChI=1S/C17H15N3O5/c18-16(21)11-25-15-7-5-13(6-8-15)19-17(22)9-4-12-2-1-3-14(10-12)20(23)24/h1-10H,11H2,(H2,18,21)(H,19,22)/b9-4+. The average molecular weight is 341 g/mol. The minimum atomic E-state index is -0.580. The first-order chi connectivity index (χ1) is 11.9.